The van der Waals surface area contributed by atoms with Crippen LogP contribution >= 0.6 is 63.7 Å². The van der Waals surface area contributed by atoms with Crippen LogP contribution in [0.15, 0.2) is 94.5 Å². The van der Waals surface area contributed by atoms with Crippen molar-refractivity contribution < 1.29 is 9.47 Å². The highest BCUT2D eigenvalue weighted by atomic mass is 79.9. The lowest BCUT2D eigenvalue weighted by Crippen LogP contribution is -2.20. The van der Waals surface area contributed by atoms with E-state index in [4.69, 9.17) is 14.5 Å². The lowest BCUT2D eigenvalue weighted by molar-refractivity contribution is 0.301. The second-order valence-corrected chi connectivity index (χ2v) is 13.7. The summed E-state index contributed by atoms with van der Waals surface area (Å²) in [5.74, 6) is 2.13. The Labute approximate surface area is 283 Å². The van der Waals surface area contributed by atoms with Gasteiger partial charge in [-0.3, -0.25) is 4.79 Å². The van der Waals surface area contributed by atoms with E-state index in [1.54, 1.807) is 19.4 Å². The van der Waals surface area contributed by atoms with Crippen molar-refractivity contribution in [2.75, 3.05) is 7.11 Å². The predicted octanol–water partition coefficient (Wildman–Crippen LogP) is 10.0. The van der Waals surface area contributed by atoms with Crippen LogP contribution in [0.2, 0.25) is 0 Å². The summed E-state index contributed by atoms with van der Waals surface area (Å²) >= 11 is 14.4. The van der Waals surface area contributed by atoms with Gasteiger partial charge in [-0.15, -0.1) is 0 Å². The number of aryl methyl sites for hydroxylation is 1. The van der Waals surface area contributed by atoms with Gasteiger partial charge in [0, 0.05) is 20.1 Å². The van der Waals surface area contributed by atoms with E-state index in [1.165, 1.54) is 4.68 Å². The maximum absolute atomic E-state index is 13.8. The fourth-order valence-electron chi connectivity index (χ4n) is 4.68. The lowest BCUT2D eigenvalue weighted by Gasteiger charge is -2.17. The summed E-state index contributed by atoms with van der Waals surface area (Å²) in [5, 5.41) is 5.17. The predicted molar refractivity (Wildman–Crippen MR) is 188 cm³/mol. The van der Waals surface area contributed by atoms with Crippen molar-refractivity contribution in [3.05, 3.63) is 117 Å². The Balaban J connectivity index is 1.56. The molecule has 4 aromatic carbocycles. The molecule has 5 aromatic rings. The molecule has 43 heavy (non-hydrogen) atoms. The third-order valence-electron chi connectivity index (χ3n) is 6.92. The summed E-state index contributed by atoms with van der Waals surface area (Å²) in [7, 11) is 1.67. The number of aromatic nitrogens is 2. The first-order valence-electron chi connectivity index (χ1n) is 13.4. The number of ether oxygens (including phenoxy) is 2. The first kappa shape index (κ1) is 31.6. The molecule has 0 aliphatic carbocycles. The fraction of sp³-hybridized carbons (Fsp3) is 0.182. The summed E-state index contributed by atoms with van der Waals surface area (Å²) in [4.78, 5) is 18.7. The highest BCUT2D eigenvalue weighted by Gasteiger charge is 2.18. The molecule has 220 valence electrons. The summed E-state index contributed by atoms with van der Waals surface area (Å²) in [6, 6.07) is 21.1. The molecule has 1 aromatic heterocycles. The van der Waals surface area contributed by atoms with Crippen molar-refractivity contribution in [2.24, 2.45) is 5.10 Å². The monoisotopic (exact) mass is 829 g/mol. The summed E-state index contributed by atoms with van der Waals surface area (Å²) in [6.07, 6.45) is 1.65. The molecule has 0 atom stereocenters. The van der Waals surface area contributed by atoms with Gasteiger partial charge in [-0.2, -0.15) is 9.78 Å². The second-order valence-electron chi connectivity index (χ2n) is 10.2. The molecule has 0 bridgehead atoms. The van der Waals surface area contributed by atoms with Gasteiger partial charge in [0.1, 0.15) is 18.1 Å². The quantitative estimate of drug-likeness (QED) is 0.146. The average Bonchev–Trinajstić information content (AvgIpc) is 2.96. The van der Waals surface area contributed by atoms with Gasteiger partial charge in [0.05, 0.1) is 33.2 Å². The number of hydrogen-bond acceptors (Lipinski definition) is 5. The third-order valence-corrected chi connectivity index (χ3v) is 9.33. The molecule has 0 aliphatic rings. The van der Waals surface area contributed by atoms with Crippen molar-refractivity contribution in [1.82, 2.24) is 9.66 Å². The molecular weight excluding hydrogens is 806 g/mol. The number of para-hydroxylation sites is 1. The van der Waals surface area contributed by atoms with Crippen molar-refractivity contribution in [1.29, 1.82) is 0 Å². The molecule has 0 unspecified atom stereocenters. The van der Waals surface area contributed by atoms with Crippen molar-refractivity contribution in [3.63, 3.8) is 0 Å². The van der Waals surface area contributed by atoms with Gasteiger partial charge >= 0.3 is 0 Å². The first-order chi connectivity index (χ1) is 20.6. The molecule has 0 aliphatic heterocycles. The van der Waals surface area contributed by atoms with E-state index in [0.29, 0.717) is 29.1 Å². The molecule has 6 nitrogen and oxygen atoms in total. The maximum Gasteiger partial charge on any atom is 0.282 e. The van der Waals surface area contributed by atoms with Crippen LogP contribution in [0.25, 0.3) is 22.3 Å². The standard InChI is InChI=1S/C33H27Br4N3O3/c1-18(2)24-15-25(19(3)11-30(24)42-4)32-39-29-8-6-5-7-23(29)33(41)40(32)38-16-20-12-27(36)31(28(37)13-20)43-17-21-9-10-22(34)14-26(21)35/h5-16,18H,17H2,1-4H3. The number of nitrogens with zero attached hydrogens (tertiary/aromatic N) is 3. The van der Waals surface area contributed by atoms with E-state index in [0.717, 1.165) is 51.5 Å². The van der Waals surface area contributed by atoms with E-state index < -0.39 is 0 Å². The summed E-state index contributed by atoms with van der Waals surface area (Å²) < 4.78 is 16.6. The van der Waals surface area contributed by atoms with Crippen LogP contribution in [0.1, 0.15) is 42.0 Å². The Morgan fingerprint density at radius 1 is 0.953 bits per heavy atom. The molecular formula is C33H27Br4N3O3. The van der Waals surface area contributed by atoms with E-state index in [-0.39, 0.29) is 11.5 Å². The van der Waals surface area contributed by atoms with Crippen LogP contribution in [-0.4, -0.2) is 23.0 Å². The molecule has 5 rings (SSSR count). The zero-order valence-corrected chi connectivity index (χ0v) is 30.1. The minimum atomic E-state index is -0.253. The Bertz CT molecular complexity index is 1910. The van der Waals surface area contributed by atoms with Gasteiger partial charge in [-0.25, -0.2) is 4.98 Å². The molecule has 1 heterocycles. The highest BCUT2D eigenvalue weighted by Crippen LogP contribution is 2.36. The van der Waals surface area contributed by atoms with E-state index in [1.807, 2.05) is 67.6 Å². The van der Waals surface area contributed by atoms with E-state index in [2.05, 4.69) is 82.7 Å². The second kappa shape index (κ2) is 13.5. The van der Waals surface area contributed by atoms with Gasteiger partial charge in [0.15, 0.2) is 5.82 Å². The SMILES string of the molecule is COc1cc(C)c(-c2nc3ccccc3c(=O)n2N=Cc2cc(Br)c(OCc3ccc(Br)cc3Br)c(Br)c2)cc1C(C)C. The van der Waals surface area contributed by atoms with Crippen LogP contribution in [-0.2, 0) is 6.61 Å². The number of methoxy groups -OCH3 is 1. The van der Waals surface area contributed by atoms with E-state index >= 15 is 0 Å². The topological polar surface area (TPSA) is 65.7 Å². The number of rotatable bonds is 8. The Hall–Kier alpha value is -2.79. The molecule has 0 spiro atoms. The minimum absolute atomic E-state index is 0.207. The minimum Gasteiger partial charge on any atom is -0.496 e. The number of fused-ring (bicyclic) bond motifs is 1. The highest BCUT2D eigenvalue weighted by molar-refractivity contribution is 9.11. The van der Waals surface area contributed by atoms with Crippen LogP contribution in [0.5, 0.6) is 11.5 Å². The molecule has 0 radical (unpaired) electrons. The van der Waals surface area contributed by atoms with Crippen LogP contribution < -0.4 is 15.0 Å². The van der Waals surface area contributed by atoms with Crippen LogP contribution in [0.3, 0.4) is 0 Å². The smallest absolute Gasteiger partial charge is 0.282 e. The third kappa shape index (κ3) is 6.82. The van der Waals surface area contributed by atoms with Crippen molar-refractivity contribution >= 4 is 80.8 Å². The Morgan fingerprint density at radius 2 is 1.67 bits per heavy atom. The molecule has 0 fully saturated rings. The number of benzene rings is 4. The largest absolute Gasteiger partial charge is 0.496 e. The first-order valence-corrected chi connectivity index (χ1v) is 16.6. The van der Waals surface area contributed by atoms with Gasteiger partial charge in [-0.05, 0) is 110 Å². The molecule has 0 N–H and O–H groups in total. The van der Waals surface area contributed by atoms with Crippen LogP contribution in [0, 0.1) is 6.92 Å². The number of halogens is 4. The maximum atomic E-state index is 13.8. The van der Waals surface area contributed by atoms with Crippen LogP contribution in [0.4, 0.5) is 0 Å². The molecule has 0 amide bonds. The molecule has 10 heteroatoms. The van der Waals surface area contributed by atoms with Crippen molar-refractivity contribution in [3.8, 4) is 22.9 Å². The zero-order chi connectivity index (χ0) is 30.8. The fourth-order valence-corrected chi connectivity index (χ4v) is 7.29. The zero-order valence-electron chi connectivity index (χ0n) is 23.8. The summed E-state index contributed by atoms with van der Waals surface area (Å²) in [5.41, 5.74) is 4.90. The normalized spacial score (nSPS) is 11.6. The van der Waals surface area contributed by atoms with Crippen molar-refractivity contribution in [2.45, 2.75) is 33.3 Å². The Morgan fingerprint density at radius 3 is 2.35 bits per heavy atom. The average molecular weight is 833 g/mol. The van der Waals surface area contributed by atoms with Gasteiger partial charge in [0.25, 0.3) is 5.56 Å². The molecule has 0 saturated carbocycles. The van der Waals surface area contributed by atoms with Gasteiger partial charge in [-0.1, -0.05) is 63.9 Å². The van der Waals surface area contributed by atoms with Gasteiger partial charge < -0.3 is 9.47 Å². The Kier molecular flexibility index (Phi) is 9.90. The molecule has 0 saturated heterocycles. The lowest BCUT2D eigenvalue weighted by atomic mass is 9.96. The summed E-state index contributed by atoms with van der Waals surface area (Å²) in [6.45, 7) is 6.57. The van der Waals surface area contributed by atoms with Gasteiger partial charge in [0.2, 0.25) is 0 Å². The number of hydrogen-bond donors (Lipinski definition) is 0. The van der Waals surface area contributed by atoms with E-state index in [9.17, 15) is 4.79 Å².